The highest BCUT2D eigenvalue weighted by Crippen LogP contribution is 2.31. The summed E-state index contributed by atoms with van der Waals surface area (Å²) in [6.45, 7) is 1.38. The van der Waals surface area contributed by atoms with E-state index in [9.17, 15) is 14.4 Å². The predicted molar refractivity (Wildman–Crippen MR) is 57.9 cm³/mol. The van der Waals surface area contributed by atoms with Gasteiger partial charge >= 0.3 is 17.9 Å². The Kier molecular flexibility index (Phi) is 3.84. The molecule has 1 rings (SSSR count). The molecule has 0 bridgehead atoms. The van der Waals surface area contributed by atoms with Crippen LogP contribution in [0.5, 0.6) is 0 Å². The fourth-order valence-electron chi connectivity index (χ4n) is 1.31. The molecule has 6 nitrogen and oxygen atoms in total. The summed E-state index contributed by atoms with van der Waals surface area (Å²) in [5.74, 6) is -4.81. The van der Waals surface area contributed by atoms with Crippen molar-refractivity contribution in [2.45, 2.75) is 12.3 Å². The van der Waals surface area contributed by atoms with Crippen LogP contribution in [0.1, 0.15) is 11.8 Å². The number of ether oxygens (including phenoxy) is 1. The molecule has 0 aromatic carbocycles. The van der Waals surface area contributed by atoms with Crippen molar-refractivity contribution in [2.75, 3.05) is 6.61 Å². The third kappa shape index (κ3) is 2.01. The van der Waals surface area contributed by atoms with Crippen LogP contribution in [0.25, 0.3) is 0 Å². The van der Waals surface area contributed by atoms with Gasteiger partial charge in [0.05, 0.1) is 6.61 Å². The Balaban J connectivity index is 3.39. The summed E-state index contributed by atoms with van der Waals surface area (Å²) >= 11 is 0.878. The average Bonchev–Trinajstić information content (AvgIpc) is 2.71. The molecule has 0 spiro atoms. The first-order valence-corrected chi connectivity index (χ1v) is 5.53. The van der Waals surface area contributed by atoms with Crippen molar-refractivity contribution in [3.05, 3.63) is 22.4 Å². The van der Waals surface area contributed by atoms with Crippen LogP contribution >= 0.6 is 11.3 Å². The van der Waals surface area contributed by atoms with Crippen molar-refractivity contribution in [1.29, 1.82) is 0 Å². The van der Waals surface area contributed by atoms with Crippen LogP contribution < -0.4 is 0 Å². The second kappa shape index (κ2) is 4.96. The van der Waals surface area contributed by atoms with Crippen molar-refractivity contribution < 1.29 is 29.3 Å². The van der Waals surface area contributed by atoms with Gasteiger partial charge in [0, 0.05) is 4.88 Å². The van der Waals surface area contributed by atoms with Gasteiger partial charge < -0.3 is 14.9 Å². The highest BCUT2D eigenvalue weighted by atomic mass is 32.1. The van der Waals surface area contributed by atoms with Crippen LogP contribution in [0.4, 0.5) is 0 Å². The average molecular weight is 258 g/mol. The van der Waals surface area contributed by atoms with Crippen LogP contribution in [0.2, 0.25) is 0 Å². The Hall–Kier alpha value is -1.89. The molecule has 0 saturated carbocycles. The summed E-state index contributed by atoms with van der Waals surface area (Å²) in [5.41, 5.74) is -2.68. The minimum Gasteiger partial charge on any atom is -0.480 e. The van der Waals surface area contributed by atoms with E-state index in [0.29, 0.717) is 0 Å². The molecule has 0 fully saturated rings. The number of thiophene rings is 1. The van der Waals surface area contributed by atoms with Crippen LogP contribution in [0.15, 0.2) is 17.5 Å². The van der Waals surface area contributed by atoms with Crippen LogP contribution in [-0.2, 0) is 24.5 Å². The second-order valence-electron chi connectivity index (χ2n) is 3.06. The lowest BCUT2D eigenvalue weighted by Crippen LogP contribution is -2.51. The van der Waals surface area contributed by atoms with Crippen molar-refractivity contribution in [1.82, 2.24) is 0 Å². The van der Waals surface area contributed by atoms with Crippen molar-refractivity contribution >= 4 is 29.2 Å². The molecule has 92 valence electrons. The highest BCUT2D eigenvalue weighted by Gasteiger charge is 2.58. The van der Waals surface area contributed by atoms with Crippen LogP contribution in [0.3, 0.4) is 0 Å². The molecule has 1 aromatic heterocycles. The maximum Gasteiger partial charge on any atom is 0.340 e. The zero-order valence-electron chi connectivity index (χ0n) is 8.87. The third-order valence-corrected chi connectivity index (χ3v) is 3.10. The molecular weight excluding hydrogens is 248 g/mol. The smallest absolute Gasteiger partial charge is 0.340 e. The summed E-state index contributed by atoms with van der Waals surface area (Å²) in [4.78, 5) is 34.0. The normalized spacial score (nSPS) is 10.9. The summed E-state index contributed by atoms with van der Waals surface area (Å²) in [6.07, 6.45) is 0. The van der Waals surface area contributed by atoms with Gasteiger partial charge in [0.25, 0.3) is 5.41 Å². The number of carboxylic acid groups (broad SMARTS) is 2. The molecule has 17 heavy (non-hydrogen) atoms. The highest BCUT2D eigenvalue weighted by molar-refractivity contribution is 7.10. The molecule has 0 atom stereocenters. The first kappa shape index (κ1) is 13.2. The topological polar surface area (TPSA) is 101 Å². The minimum absolute atomic E-state index is 0.0871. The zero-order valence-corrected chi connectivity index (χ0v) is 9.69. The van der Waals surface area contributed by atoms with E-state index in [4.69, 9.17) is 10.2 Å². The first-order valence-electron chi connectivity index (χ1n) is 4.65. The number of rotatable bonds is 5. The number of hydrogen-bond donors (Lipinski definition) is 2. The molecule has 0 amide bonds. The molecule has 0 aliphatic rings. The van der Waals surface area contributed by atoms with Gasteiger partial charge in [0.1, 0.15) is 0 Å². The van der Waals surface area contributed by atoms with E-state index >= 15 is 0 Å². The number of carbonyl (C=O) groups excluding carboxylic acids is 1. The van der Waals surface area contributed by atoms with E-state index in [1.54, 1.807) is 0 Å². The van der Waals surface area contributed by atoms with Crippen molar-refractivity contribution in [2.24, 2.45) is 0 Å². The van der Waals surface area contributed by atoms with E-state index in [1.165, 1.54) is 24.4 Å². The van der Waals surface area contributed by atoms with E-state index < -0.39 is 23.3 Å². The number of aliphatic carboxylic acids is 2. The van der Waals surface area contributed by atoms with Gasteiger partial charge in [-0.2, -0.15) is 0 Å². The Morgan fingerprint density at radius 2 is 1.94 bits per heavy atom. The molecule has 0 aliphatic heterocycles. The van der Waals surface area contributed by atoms with Gasteiger partial charge in [-0.3, -0.25) is 0 Å². The fourth-order valence-corrected chi connectivity index (χ4v) is 2.20. The predicted octanol–water partition coefficient (Wildman–Crippen LogP) is 0.718. The first-order chi connectivity index (χ1) is 7.97. The van der Waals surface area contributed by atoms with Gasteiger partial charge in [-0.15, -0.1) is 11.3 Å². The Bertz CT molecular complexity index is 422. The molecule has 0 aliphatic carbocycles. The van der Waals surface area contributed by atoms with Gasteiger partial charge in [-0.05, 0) is 18.4 Å². The van der Waals surface area contributed by atoms with E-state index in [2.05, 4.69) is 4.74 Å². The second-order valence-corrected chi connectivity index (χ2v) is 4.01. The molecule has 7 heteroatoms. The SMILES string of the molecule is CCOC(=O)C(C(=O)O)(C(=O)O)c1cccs1. The lowest BCUT2D eigenvalue weighted by atomic mass is 9.86. The lowest BCUT2D eigenvalue weighted by Gasteiger charge is -2.21. The third-order valence-electron chi connectivity index (χ3n) is 2.11. The Labute approximate surface area is 100 Å². The molecule has 0 radical (unpaired) electrons. The van der Waals surface area contributed by atoms with E-state index in [1.807, 2.05) is 0 Å². The number of hydrogen-bond acceptors (Lipinski definition) is 5. The maximum atomic E-state index is 11.7. The summed E-state index contributed by atoms with van der Waals surface area (Å²) in [5, 5.41) is 19.7. The van der Waals surface area contributed by atoms with E-state index in [-0.39, 0.29) is 11.5 Å². The number of esters is 1. The summed E-state index contributed by atoms with van der Waals surface area (Å²) in [6, 6.07) is 2.75. The van der Waals surface area contributed by atoms with Crippen molar-refractivity contribution in [3.63, 3.8) is 0 Å². The molecule has 1 aromatic rings. The van der Waals surface area contributed by atoms with Gasteiger partial charge in [-0.1, -0.05) is 6.07 Å². The summed E-state index contributed by atoms with van der Waals surface area (Å²) < 4.78 is 4.56. The van der Waals surface area contributed by atoms with E-state index in [0.717, 1.165) is 11.3 Å². The molecule has 0 saturated heterocycles. The minimum atomic E-state index is -2.68. The van der Waals surface area contributed by atoms with Crippen molar-refractivity contribution in [3.8, 4) is 0 Å². The fraction of sp³-hybridized carbons (Fsp3) is 0.300. The lowest BCUT2D eigenvalue weighted by molar-refractivity contribution is -0.170. The number of carboxylic acids is 2. The quantitative estimate of drug-likeness (QED) is 0.596. The van der Waals surface area contributed by atoms with Gasteiger partial charge in [0.2, 0.25) is 0 Å². The standard InChI is InChI=1S/C10H10O6S/c1-2-16-9(15)10(7(11)12,8(13)14)6-4-3-5-17-6/h3-5H,2H2,1H3,(H,11,12)(H,13,14). The van der Waals surface area contributed by atoms with Crippen LogP contribution in [0, 0.1) is 0 Å². The molecule has 2 N–H and O–H groups in total. The molecule has 0 unspecified atom stereocenters. The molecule has 1 heterocycles. The Morgan fingerprint density at radius 1 is 1.35 bits per heavy atom. The zero-order chi connectivity index (χ0) is 13.1. The number of carbonyl (C=O) groups is 3. The Morgan fingerprint density at radius 3 is 2.29 bits per heavy atom. The molecular formula is C10H10O6S. The van der Waals surface area contributed by atoms with Gasteiger partial charge in [-0.25, -0.2) is 14.4 Å². The van der Waals surface area contributed by atoms with Gasteiger partial charge in [0.15, 0.2) is 0 Å². The van der Waals surface area contributed by atoms with Crippen LogP contribution in [-0.4, -0.2) is 34.7 Å². The summed E-state index contributed by atoms with van der Waals surface area (Å²) in [7, 11) is 0. The monoisotopic (exact) mass is 258 g/mol. The maximum absolute atomic E-state index is 11.7. The largest absolute Gasteiger partial charge is 0.480 e.